The van der Waals surface area contributed by atoms with E-state index in [9.17, 15) is 18.0 Å². The minimum Gasteiger partial charge on any atom is -0.478 e. The summed E-state index contributed by atoms with van der Waals surface area (Å²) < 4.78 is 37.5. The van der Waals surface area contributed by atoms with Crippen LogP contribution in [0.15, 0.2) is 42.5 Å². The van der Waals surface area contributed by atoms with Crippen molar-refractivity contribution < 1.29 is 23.1 Å². The summed E-state index contributed by atoms with van der Waals surface area (Å²) in [6.45, 7) is 1.70. The molecule has 0 amide bonds. The Hall–Kier alpha value is -2.30. The Kier molecular flexibility index (Phi) is 4.02. The maximum absolute atomic E-state index is 12.5. The van der Waals surface area contributed by atoms with Gasteiger partial charge in [-0.05, 0) is 48.2 Å². The first-order chi connectivity index (χ1) is 9.79. The summed E-state index contributed by atoms with van der Waals surface area (Å²) in [6, 6.07) is 9.81. The molecule has 0 aliphatic rings. The summed E-state index contributed by atoms with van der Waals surface area (Å²) in [5, 5.41) is 9.06. The number of rotatable bonds is 3. The molecule has 1 N–H and O–H groups in total. The molecule has 2 aromatic carbocycles. The van der Waals surface area contributed by atoms with Crippen molar-refractivity contribution in [2.75, 3.05) is 0 Å². The second kappa shape index (κ2) is 5.60. The Morgan fingerprint density at radius 2 is 1.71 bits per heavy atom. The average Bonchev–Trinajstić information content (AvgIpc) is 2.40. The van der Waals surface area contributed by atoms with E-state index in [0.29, 0.717) is 17.5 Å². The van der Waals surface area contributed by atoms with Crippen LogP contribution in [0.25, 0.3) is 0 Å². The minimum atomic E-state index is -4.35. The topological polar surface area (TPSA) is 37.3 Å². The molecule has 0 heterocycles. The Morgan fingerprint density at radius 3 is 2.24 bits per heavy atom. The molecule has 2 aromatic rings. The van der Waals surface area contributed by atoms with Gasteiger partial charge in [-0.3, -0.25) is 0 Å². The molecule has 0 saturated heterocycles. The second-order valence-corrected chi connectivity index (χ2v) is 4.77. The van der Waals surface area contributed by atoms with Crippen LogP contribution in [0.4, 0.5) is 13.2 Å². The van der Waals surface area contributed by atoms with Crippen molar-refractivity contribution in [1.82, 2.24) is 0 Å². The number of hydrogen-bond acceptors (Lipinski definition) is 1. The first kappa shape index (κ1) is 15.1. The number of alkyl halides is 3. The Bertz CT molecular complexity index is 658. The lowest BCUT2D eigenvalue weighted by atomic mass is 9.96. The fourth-order valence-corrected chi connectivity index (χ4v) is 2.14. The van der Waals surface area contributed by atoms with Gasteiger partial charge in [-0.15, -0.1) is 0 Å². The molecular formula is C16H13F3O2. The molecule has 110 valence electrons. The quantitative estimate of drug-likeness (QED) is 0.916. The number of aromatic carboxylic acids is 1. The molecule has 0 aliphatic carbocycles. The number of halogens is 3. The molecule has 0 radical (unpaired) electrons. The molecular weight excluding hydrogens is 281 g/mol. The fraction of sp³-hybridized carbons (Fsp3) is 0.188. The third-order valence-corrected chi connectivity index (χ3v) is 3.35. The first-order valence-corrected chi connectivity index (χ1v) is 6.27. The van der Waals surface area contributed by atoms with Crippen molar-refractivity contribution in [3.63, 3.8) is 0 Å². The molecule has 0 unspecified atom stereocenters. The average molecular weight is 294 g/mol. The summed E-state index contributed by atoms with van der Waals surface area (Å²) in [6.07, 6.45) is -3.96. The van der Waals surface area contributed by atoms with Crippen LogP contribution < -0.4 is 0 Å². The van der Waals surface area contributed by atoms with Crippen molar-refractivity contribution in [3.05, 3.63) is 70.3 Å². The zero-order chi connectivity index (χ0) is 15.6. The van der Waals surface area contributed by atoms with E-state index < -0.39 is 17.7 Å². The lowest BCUT2D eigenvalue weighted by Crippen LogP contribution is -2.05. The van der Waals surface area contributed by atoms with Crippen LogP contribution in [0.1, 0.15) is 32.6 Å². The van der Waals surface area contributed by atoms with Gasteiger partial charge in [-0.25, -0.2) is 4.79 Å². The molecule has 0 saturated carbocycles. The third kappa shape index (κ3) is 3.42. The van der Waals surface area contributed by atoms with E-state index in [2.05, 4.69) is 0 Å². The fourth-order valence-electron chi connectivity index (χ4n) is 2.14. The van der Waals surface area contributed by atoms with Gasteiger partial charge >= 0.3 is 12.1 Å². The van der Waals surface area contributed by atoms with E-state index in [1.165, 1.54) is 18.2 Å². The Balaban J connectivity index is 2.27. The number of carboxylic acid groups (broad SMARTS) is 1. The van der Waals surface area contributed by atoms with Crippen molar-refractivity contribution in [2.45, 2.75) is 19.5 Å². The van der Waals surface area contributed by atoms with Gasteiger partial charge in [0.2, 0.25) is 0 Å². The zero-order valence-electron chi connectivity index (χ0n) is 11.2. The first-order valence-electron chi connectivity index (χ1n) is 6.27. The number of benzene rings is 2. The third-order valence-electron chi connectivity index (χ3n) is 3.35. The SMILES string of the molecule is Cc1c(Cc2ccc(C(F)(F)F)cc2)cccc1C(=O)O. The molecule has 0 fully saturated rings. The predicted octanol–water partition coefficient (Wildman–Crippen LogP) is 4.30. The van der Waals surface area contributed by atoms with E-state index in [1.54, 1.807) is 19.1 Å². The van der Waals surface area contributed by atoms with E-state index in [-0.39, 0.29) is 5.56 Å². The van der Waals surface area contributed by atoms with Gasteiger partial charge in [0.15, 0.2) is 0 Å². The summed E-state index contributed by atoms with van der Waals surface area (Å²) in [7, 11) is 0. The van der Waals surface area contributed by atoms with Crippen LogP contribution >= 0.6 is 0 Å². The van der Waals surface area contributed by atoms with E-state index >= 15 is 0 Å². The smallest absolute Gasteiger partial charge is 0.416 e. The van der Waals surface area contributed by atoms with Crippen molar-refractivity contribution in [3.8, 4) is 0 Å². The maximum Gasteiger partial charge on any atom is 0.416 e. The second-order valence-electron chi connectivity index (χ2n) is 4.77. The molecule has 0 spiro atoms. The van der Waals surface area contributed by atoms with Crippen LogP contribution in [0, 0.1) is 6.92 Å². The monoisotopic (exact) mass is 294 g/mol. The van der Waals surface area contributed by atoms with Crippen molar-refractivity contribution >= 4 is 5.97 Å². The van der Waals surface area contributed by atoms with Crippen LogP contribution in [-0.2, 0) is 12.6 Å². The summed E-state index contributed by atoms with van der Waals surface area (Å²) in [4.78, 5) is 11.1. The molecule has 0 atom stereocenters. The normalized spacial score (nSPS) is 11.4. The molecule has 2 nitrogen and oxygen atoms in total. The van der Waals surface area contributed by atoms with Gasteiger partial charge in [-0.2, -0.15) is 13.2 Å². The Morgan fingerprint density at radius 1 is 1.10 bits per heavy atom. The number of hydrogen-bond donors (Lipinski definition) is 1. The number of carbonyl (C=O) groups is 1. The lowest BCUT2D eigenvalue weighted by molar-refractivity contribution is -0.137. The molecule has 2 rings (SSSR count). The van der Waals surface area contributed by atoms with E-state index in [1.807, 2.05) is 0 Å². The van der Waals surface area contributed by atoms with Crippen molar-refractivity contribution in [1.29, 1.82) is 0 Å². The lowest BCUT2D eigenvalue weighted by Gasteiger charge is -2.10. The highest BCUT2D eigenvalue weighted by Crippen LogP contribution is 2.29. The standard InChI is InChI=1S/C16H13F3O2/c1-10-12(3-2-4-14(10)15(20)21)9-11-5-7-13(8-6-11)16(17,18)19/h2-8H,9H2,1H3,(H,20,21). The van der Waals surface area contributed by atoms with Crippen LogP contribution in [-0.4, -0.2) is 11.1 Å². The van der Waals surface area contributed by atoms with E-state index in [0.717, 1.165) is 17.7 Å². The highest BCUT2D eigenvalue weighted by Gasteiger charge is 2.29. The van der Waals surface area contributed by atoms with E-state index in [4.69, 9.17) is 5.11 Å². The van der Waals surface area contributed by atoms with Gasteiger partial charge in [0.1, 0.15) is 0 Å². The molecule has 21 heavy (non-hydrogen) atoms. The van der Waals surface area contributed by atoms with Crippen LogP contribution in [0.2, 0.25) is 0 Å². The van der Waals surface area contributed by atoms with Crippen LogP contribution in [0.5, 0.6) is 0 Å². The van der Waals surface area contributed by atoms with Crippen LogP contribution in [0.3, 0.4) is 0 Å². The summed E-state index contributed by atoms with van der Waals surface area (Å²) in [5.41, 5.74) is 1.63. The maximum atomic E-state index is 12.5. The van der Waals surface area contributed by atoms with Gasteiger partial charge in [0.25, 0.3) is 0 Å². The van der Waals surface area contributed by atoms with Gasteiger partial charge < -0.3 is 5.11 Å². The molecule has 0 bridgehead atoms. The predicted molar refractivity (Wildman–Crippen MR) is 72.4 cm³/mol. The highest BCUT2D eigenvalue weighted by atomic mass is 19.4. The highest BCUT2D eigenvalue weighted by molar-refractivity contribution is 5.89. The summed E-state index contributed by atoms with van der Waals surface area (Å²) >= 11 is 0. The molecule has 0 aromatic heterocycles. The zero-order valence-corrected chi connectivity index (χ0v) is 11.2. The Labute approximate surface area is 119 Å². The molecule has 0 aliphatic heterocycles. The van der Waals surface area contributed by atoms with Gasteiger partial charge in [0.05, 0.1) is 11.1 Å². The molecule has 5 heteroatoms. The largest absolute Gasteiger partial charge is 0.478 e. The summed E-state index contributed by atoms with van der Waals surface area (Å²) in [5.74, 6) is -1.01. The van der Waals surface area contributed by atoms with Crippen molar-refractivity contribution in [2.24, 2.45) is 0 Å². The minimum absolute atomic E-state index is 0.208. The van der Waals surface area contributed by atoms with Gasteiger partial charge in [0, 0.05) is 0 Å². The van der Waals surface area contributed by atoms with Gasteiger partial charge in [-0.1, -0.05) is 24.3 Å². The number of carboxylic acids is 1.